The Morgan fingerprint density at radius 2 is 1.86 bits per heavy atom. The smallest absolute Gasteiger partial charge is 0.0761 e. The summed E-state index contributed by atoms with van der Waals surface area (Å²) in [5, 5.41) is 13.9. The lowest BCUT2D eigenvalue weighted by atomic mass is 10.1. The van der Waals surface area contributed by atoms with Crippen LogP contribution in [0, 0.1) is 0 Å². The zero-order chi connectivity index (χ0) is 19.2. The predicted octanol–water partition coefficient (Wildman–Crippen LogP) is 4.08. The molecule has 1 aliphatic rings. The maximum atomic E-state index is 9.26. The average Bonchev–Trinajstić information content (AvgIpc) is 2.77. The molecular weight excluding hydrogens is 348 g/mol. The van der Waals surface area contributed by atoms with Gasteiger partial charge in [0.1, 0.15) is 0 Å². The highest BCUT2D eigenvalue weighted by molar-refractivity contribution is 5.93. The highest BCUT2D eigenvalue weighted by atomic mass is 16.3. The van der Waals surface area contributed by atoms with Crippen LogP contribution in [0.5, 0.6) is 0 Å². The van der Waals surface area contributed by atoms with Crippen molar-refractivity contribution in [3.63, 3.8) is 0 Å². The van der Waals surface area contributed by atoms with Crippen LogP contribution in [0.2, 0.25) is 0 Å². The number of aromatic nitrogens is 2. The second-order valence-corrected chi connectivity index (χ2v) is 7.49. The number of hydrogen-bond acceptors (Lipinski definition) is 5. The molecule has 5 nitrogen and oxygen atoms in total. The Labute approximate surface area is 166 Å². The lowest BCUT2D eigenvalue weighted by molar-refractivity contribution is 0.228. The standard InChI is InChI=1S/C23H28N4O/c28-17-18-5-7-19(8-6-18)22-15-23(20-16-24-11-9-21(20)26-22)25-10-4-14-27-12-2-1-3-13-27/h5-9,11,15-16,28H,1-4,10,12-14,17H2,(H,25,26). The highest BCUT2D eigenvalue weighted by Gasteiger charge is 2.10. The van der Waals surface area contributed by atoms with Crippen LogP contribution in [0.25, 0.3) is 22.2 Å². The van der Waals surface area contributed by atoms with Crippen molar-refractivity contribution in [3.8, 4) is 11.3 Å². The van der Waals surface area contributed by atoms with Crippen LogP contribution in [0.4, 0.5) is 5.69 Å². The van der Waals surface area contributed by atoms with Gasteiger partial charge in [-0.3, -0.25) is 4.98 Å². The number of piperidine rings is 1. The molecule has 1 aromatic carbocycles. The minimum absolute atomic E-state index is 0.0565. The van der Waals surface area contributed by atoms with E-state index >= 15 is 0 Å². The van der Waals surface area contributed by atoms with Gasteiger partial charge in [0.05, 0.1) is 17.8 Å². The van der Waals surface area contributed by atoms with Crippen LogP contribution < -0.4 is 5.32 Å². The predicted molar refractivity (Wildman–Crippen MR) is 114 cm³/mol. The SMILES string of the molecule is OCc1ccc(-c2cc(NCCCN3CCCCC3)c3cnccc3n2)cc1. The first-order valence-electron chi connectivity index (χ1n) is 10.2. The van der Waals surface area contributed by atoms with Crippen molar-refractivity contribution < 1.29 is 5.11 Å². The molecule has 0 aliphatic carbocycles. The molecular formula is C23H28N4O. The molecule has 0 amide bonds. The Morgan fingerprint density at radius 3 is 2.64 bits per heavy atom. The number of anilines is 1. The molecule has 5 heteroatoms. The summed E-state index contributed by atoms with van der Waals surface area (Å²) in [6, 6.07) is 12.0. The minimum atomic E-state index is 0.0565. The summed E-state index contributed by atoms with van der Waals surface area (Å²) in [7, 11) is 0. The molecule has 3 aromatic rings. The Kier molecular flexibility index (Phi) is 6.14. The minimum Gasteiger partial charge on any atom is -0.392 e. The van der Waals surface area contributed by atoms with Crippen molar-refractivity contribution in [3.05, 3.63) is 54.4 Å². The quantitative estimate of drug-likeness (QED) is 0.609. The van der Waals surface area contributed by atoms with Gasteiger partial charge in [-0.25, -0.2) is 4.98 Å². The summed E-state index contributed by atoms with van der Waals surface area (Å²) in [6.07, 6.45) is 8.86. The Balaban J connectivity index is 1.50. The van der Waals surface area contributed by atoms with E-state index in [9.17, 15) is 5.11 Å². The van der Waals surface area contributed by atoms with Gasteiger partial charge >= 0.3 is 0 Å². The number of pyridine rings is 2. The normalized spacial score (nSPS) is 15.0. The Bertz CT molecular complexity index is 904. The van der Waals surface area contributed by atoms with Crippen molar-refractivity contribution in [1.29, 1.82) is 0 Å². The molecule has 0 unspecified atom stereocenters. The van der Waals surface area contributed by atoms with Crippen molar-refractivity contribution >= 4 is 16.6 Å². The molecule has 0 bridgehead atoms. The molecule has 3 heterocycles. The summed E-state index contributed by atoms with van der Waals surface area (Å²) >= 11 is 0. The van der Waals surface area contributed by atoms with Crippen molar-refractivity contribution in [1.82, 2.24) is 14.9 Å². The maximum Gasteiger partial charge on any atom is 0.0761 e. The summed E-state index contributed by atoms with van der Waals surface area (Å²) in [5.41, 5.74) is 4.91. The van der Waals surface area contributed by atoms with Crippen LogP contribution in [0.3, 0.4) is 0 Å². The maximum absolute atomic E-state index is 9.26. The third-order valence-electron chi connectivity index (χ3n) is 5.46. The van der Waals surface area contributed by atoms with E-state index in [1.165, 1.54) is 32.4 Å². The summed E-state index contributed by atoms with van der Waals surface area (Å²) in [6.45, 7) is 4.64. The molecule has 28 heavy (non-hydrogen) atoms. The second kappa shape index (κ2) is 9.13. The molecule has 1 saturated heterocycles. The molecule has 2 aromatic heterocycles. The first-order valence-corrected chi connectivity index (χ1v) is 10.2. The van der Waals surface area contributed by atoms with Gasteiger partial charge in [-0.15, -0.1) is 0 Å². The molecule has 0 spiro atoms. The number of benzene rings is 1. The van der Waals surface area contributed by atoms with Gasteiger partial charge < -0.3 is 15.3 Å². The van der Waals surface area contributed by atoms with E-state index < -0.39 is 0 Å². The van der Waals surface area contributed by atoms with Crippen LogP contribution in [-0.4, -0.2) is 46.2 Å². The van der Waals surface area contributed by atoms with E-state index in [2.05, 4.69) is 21.3 Å². The zero-order valence-electron chi connectivity index (χ0n) is 16.3. The van der Waals surface area contributed by atoms with E-state index in [0.717, 1.165) is 52.9 Å². The molecule has 0 atom stereocenters. The molecule has 0 saturated carbocycles. The van der Waals surface area contributed by atoms with Gasteiger partial charge in [-0.2, -0.15) is 0 Å². The lowest BCUT2D eigenvalue weighted by Gasteiger charge is -2.26. The number of aliphatic hydroxyl groups excluding tert-OH is 1. The summed E-state index contributed by atoms with van der Waals surface area (Å²) < 4.78 is 0. The Hall–Kier alpha value is -2.50. The number of fused-ring (bicyclic) bond motifs is 1. The fourth-order valence-electron chi connectivity index (χ4n) is 3.85. The number of nitrogens with one attached hydrogen (secondary N) is 1. The molecule has 146 valence electrons. The van der Waals surface area contributed by atoms with Crippen molar-refractivity contribution in [2.24, 2.45) is 0 Å². The van der Waals surface area contributed by atoms with E-state index in [4.69, 9.17) is 4.98 Å². The van der Waals surface area contributed by atoms with Crippen LogP contribution in [0.1, 0.15) is 31.2 Å². The number of hydrogen-bond donors (Lipinski definition) is 2. The number of likely N-dealkylation sites (tertiary alicyclic amines) is 1. The average molecular weight is 377 g/mol. The zero-order valence-corrected chi connectivity index (χ0v) is 16.3. The molecule has 1 aliphatic heterocycles. The fraction of sp³-hybridized carbons (Fsp3) is 0.391. The van der Waals surface area contributed by atoms with Crippen molar-refractivity contribution in [2.45, 2.75) is 32.3 Å². The fourth-order valence-corrected chi connectivity index (χ4v) is 3.85. The third kappa shape index (κ3) is 4.49. The largest absolute Gasteiger partial charge is 0.392 e. The van der Waals surface area contributed by atoms with Crippen LogP contribution >= 0.6 is 0 Å². The first kappa shape index (κ1) is 18.8. The Morgan fingerprint density at radius 1 is 1.04 bits per heavy atom. The molecule has 0 radical (unpaired) electrons. The number of rotatable bonds is 7. The highest BCUT2D eigenvalue weighted by Crippen LogP contribution is 2.28. The van der Waals surface area contributed by atoms with Gasteiger partial charge in [0.2, 0.25) is 0 Å². The van der Waals surface area contributed by atoms with E-state index in [1.54, 1.807) is 6.20 Å². The van der Waals surface area contributed by atoms with Crippen LogP contribution in [-0.2, 0) is 6.61 Å². The monoisotopic (exact) mass is 376 g/mol. The second-order valence-electron chi connectivity index (χ2n) is 7.49. The van der Waals surface area contributed by atoms with Gasteiger partial charge in [-0.05, 0) is 56.6 Å². The molecule has 4 rings (SSSR count). The van der Waals surface area contributed by atoms with E-state index in [-0.39, 0.29) is 6.61 Å². The molecule has 1 fully saturated rings. The van der Waals surface area contributed by atoms with Gasteiger partial charge in [0.25, 0.3) is 0 Å². The summed E-state index contributed by atoms with van der Waals surface area (Å²) in [5.74, 6) is 0. The topological polar surface area (TPSA) is 61.3 Å². The molecule has 2 N–H and O–H groups in total. The van der Waals surface area contributed by atoms with Gasteiger partial charge in [0.15, 0.2) is 0 Å². The van der Waals surface area contributed by atoms with Gasteiger partial charge in [-0.1, -0.05) is 30.7 Å². The third-order valence-corrected chi connectivity index (χ3v) is 5.46. The lowest BCUT2D eigenvalue weighted by Crippen LogP contribution is -2.31. The summed E-state index contributed by atoms with van der Waals surface area (Å²) in [4.78, 5) is 11.7. The number of nitrogens with zero attached hydrogens (tertiary/aromatic N) is 3. The van der Waals surface area contributed by atoms with Gasteiger partial charge in [0, 0.05) is 35.6 Å². The van der Waals surface area contributed by atoms with Crippen molar-refractivity contribution in [2.75, 3.05) is 31.5 Å². The first-order chi connectivity index (χ1) is 13.8. The van der Waals surface area contributed by atoms with E-state index in [1.807, 2.05) is 36.5 Å². The number of aliphatic hydroxyl groups is 1. The van der Waals surface area contributed by atoms with E-state index in [0.29, 0.717) is 0 Å². The van der Waals surface area contributed by atoms with Crippen LogP contribution in [0.15, 0.2) is 48.8 Å².